The molecule has 0 amide bonds. The van der Waals surface area contributed by atoms with Gasteiger partial charge in [-0.1, -0.05) is 0 Å². The van der Waals surface area contributed by atoms with Crippen LogP contribution in [0.3, 0.4) is 0 Å². The average molecular weight is 354 g/mol. The molecule has 18 heavy (non-hydrogen) atoms. The van der Waals surface area contributed by atoms with Gasteiger partial charge in [0.2, 0.25) is 0 Å². The first-order valence-electron chi connectivity index (χ1n) is 5.39. The summed E-state index contributed by atoms with van der Waals surface area (Å²) >= 11 is 4.34. The maximum Gasteiger partial charge on any atom is 0.307 e. The molecule has 5 nitrogen and oxygen atoms in total. The second-order valence-electron chi connectivity index (χ2n) is 4.10. The number of nitrogens with zero attached hydrogens (tertiary/aromatic N) is 1. The summed E-state index contributed by atoms with van der Waals surface area (Å²) in [6, 6.07) is 1.68. The predicted octanol–water partition coefficient (Wildman–Crippen LogP) is 2.00. The monoisotopic (exact) mass is 353 g/mol. The molecule has 1 saturated heterocycles. The minimum atomic E-state index is -3.57. The highest BCUT2D eigenvalue weighted by Gasteiger charge is 2.34. The van der Waals surface area contributed by atoms with Crippen molar-refractivity contribution in [3.63, 3.8) is 0 Å². The van der Waals surface area contributed by atoms with Gasteiger partial charge < -0.3 is 5.11 Å². The van der Waals surface area contributed by atoms with E-state index in [9.17, 15) is 13.2 Å². The Morgan fingerprint density at radius 1 is 1.56 bits per heavy atom. The van der Waals surface area contributed by atoms with Gasteiger partial charge in [-0.25, -0.2) is 8.42 Å². The smallest absolute Gasteiger partial charge is 0.307 e. The lowest BCUT2D eigenvalue weighted by Gasteiger charge is -2.29. The van der Waals surface area contributed by atoms with Crippen molar-refractivity contribution in [2.45, 2.75) is 17.1 Å². The molecule has 0 saturated carbocycles. The van der Waals surface area contributed by atoms with Crippen molar-refractivity contribution in [2.24, 2.45) is 5.92 Å². The summed E-state index contributed by atoms with van der Waals surface area (Å²) in [6.45, 7) is 0.443. The molecule has 0 aliphatic carbocycles. The van der Waals surface area contributed by atoms with Gasteiger partial charge in [-0.3, -0.25) is 4.79 Å². The number of hydrogen-bond donors (Lipinski definition) is 1. The normalized spacial score (nSPS) is 21.9. The zero-order valence-corrected chi connectivity index (χ0v) is 12.6. The summed E-state index contributed by atoms with van der Waals surface area (Å²) in [7, 11) is -3.57. The van der Waals surface area contributed by atoms with Crippen molar-refractivity contribution in [3.8, 4) is 0 Å². The van der Waals surface area contributed by atoms with Crippen molar-refractivity contribution < 1.29 is 18.3 Å². The molecule has 100 valence electrons. The standard InChI is InChI=1S/C10H12BrNO4S2/c11-8-3-5-17-10(8)18(15,16)12-4-1-2-7(6-12)9(13)14/h3,5,7H,1-2,4,6H2,(H,13,14). The maximum atomic E-state index is 12.4. The van der Waals surface area contributed by atoms with E-state index in [2.05, 4.69) is 15.9 Å². The number of carboxylic acids is 1. The van der Waals surface area contributed by atoms with Gasteiger partial charge in [-0.15, -0.1) is 11.3 Å². The van der Waals surface area contributed by atoms with Gasteiger partial charge >= 0.3 is 5.97 Å². The molecular weight excluding hydrogens is 342 g/mol. The van der Waals surface area contributed by atoms with Crippen LogP contribution < -0.4 is 0 Å². The van der Waals surface area contributed by atoms with Gasteiger partial charge in [0.1, 0.15) is 4.21 Å². The van der Waals surface area contributed by atoms with Gasteiger partial charge in [-0.05, 0) is 40.2 Å². The van der Waals surface area contributed by atoms with Gasteiger partial charge in [0, 0.05) is 17.6 Å². The lowest BCUT2D eigenvalue weighted by atomic mass is 10.0. The van der Waals surface area contributed by atoms with E-state index in [0.29, 0.717) is 23.9 Å². The summed E-state index contributed by atoms with van der Waals surface area (Å²) in [5.41, 5.74) is 0. The highest BCUT2D eigenvalue weighted by Crippen LogP contribution is 2.32. The SMILES string of the molecule is O=C(O)C1CCCN(S(=O)(=O)c2sccc2Br)C1. The van der Waals surface area contributed by atoms with Crippen LogP contribution in [0.2, 0.25) is 0 Å². The van der Waals surface area contributed by atoms with Crippen LogP contribution in [0.5, 0.6) is 0 Å². The third-order valence-electron chi connectivity index (χ3n) is 2.89. The van der Waals surface area contributed by atoms with E-state index in [0.717, 1.165) is 11.3 Å². The molecule has 0 radical (unpaired) electrons. The second kappa shape index (κ2) is 5.28. The summed E-state index contributed by atoms with van der Waals surface area (Å²) < 4.78 is 26.7. The lowest BCUT2D eigenvalue weighted by molar-refractivity contribution is -0.142. The van der Waals surface area contributed by atoms with Gasteiger partial charge in [0.25, 0.3) is 10.0 Å². The number of thiophene rings is 1. The van der Waals surface area contributed by atoms with Crippen molar-refractivity contribution in [1.82, 2.24) is 4.31 Å². The topological polar surface area (TPSA) is 74.7 Å². The molecule has 1 atom stereocenters. The lowest BCUT2D eigenvalue weighted by Crippen LogP contribution is -2.42. The van der Waals surface area contributed by atoms with Gasteiger partial charge in [-0.2, -0.15) is 4.31 Å². The summed E-state index contributed by atoms with van der Waals surface area (Å²) in [6.07, 6.45) is 1.12. The summed E-state index contributed by atoms with van der Waals surface area (Å²) in [4.78, 5) is 11.0. The molecule has 1 fully saturated rings. The first-order chi connectivity index (χ1) is 8.43. The Balaban J connectivity index is 2.26. The molecule has 1 unspecified atom stereocenters. The number of aliphatic carboxylic acids is 1. The van der Waals surface area contributed by atoms with E-state index < -0.39 is 21.9 Å². The molecule has 1 aromatic rings. The molecule has 1 aliphatic rings. The Morgan fingerprint density at radius 2 is 2.28 bits per heavy atom. The predicted molar refractivity (Wildman–Crippen MR) is 71.1 cm³/mol. The second-order valence-corrected chi connectivity index (χ2v) is 8.00. The summed E-state index contributed by atoms with van der Waals surface area (Å²) in [5, 5.41) is 10.7. The van der Waals surface area contributed by atoms with E-state index in [1.807, 2.05) is 0 Å². The van der Waals surface area contributed by atoms with Gasteiger partial charge in [0.15, 0.2) is 0 Å². The third-order valence-corrected chi connectivity index (χ3v) is 7.40. The van der Waals surface area contributed by atoms with Crippen LogP contribution in [0.25, 0.3) is 0 Å². The summed E-state index contributed by atoms with van der Waals surface area (Å²) in [5.74, 6) is -1.53. The fourth-order valence-corrected chi connectivity index (χ4v) is 5.92. The van der Waals surface area contributed by atoms with Crippen molar-refractivity contribution in [2.75, 3.05) is 13.1 Å². The minimum absolute atomic E-state index is 0.0575. The Hall–Kier alpha value is -0.440. The Morgan fingerprint density at radius 3 is 2.83 bits per heavy atom. The molecule has 2 rings (SSSR count). The fraction of sp³-hybridized carbons (Fsp3) is 0.500. The maximum absolute atomic E-state index is 12.4. The molecule has 1 aromatic heterocycles. The average Bonchev–Trinajstić information content (AvgIpc) is 2.76. The van der Waals surface area contributed by atoms with Crippen LogP contribution >= 0.6 is 27.3 Å². The Bertz CT molecular complexity index is 554. The van der Waals surface area contributed by atoms with E-state index in [1.165, 1.54) is 4.31 Å². The number of carboxylic acid groups (broad SMARTS) is 1. The Labute approximate surface area is 118 Å². The van der Waals surface area contributed by atoms with Crippen LogP contribution in [0.1, 0.15) is 12.8 Å². The van der Waals surface area contributed by atoms with E-state index >= 15 is 0 Å². The van der Waals surface area contributed by atoms with E-state index in [-0.39, 0.29) is 10.8 Å². The molecule has 2 heterocycles. The number of sulfonamides is 1. The number of piperidine rings is 1. The minimum Gasteiger partial charge on any atom is -0.481 e. The van der Waals surface area contributed by atoms with Crippen molar-refractivity contribution in [3.05, 3.63) is 15.9 Å². The number of carbonyl (C=O) groups is 1. The Kier molecular flexibility index (Phi) is 4.10. The molecule has 1 aliphatic heterocycles. The van der Waals surface area contributed by atoms with Crippen molar-refractivity contribution >= 4 is 43.3 Å². The fourth-order valence-electron chi connectivity index (χ4n) is 1.94. The number of halogens is 1. The zero-order chi connectivity index (χ0) is 13.3. The molecule has 8 heteroatoms. The van der Waals surface area contributed by atoms with Crippen molar-refractivity contribution in [1.29, 1.82) is 0 Å². The first-order valence-corrected chi connectivity index (χ1v) is 8.50. The highest BCUT2D eigenvalue weighted by molar-refractivity contribution is 9.10. The van der Waals surface area contributed by atoms with Gasteiger partial charge in [0.05, 0.1) is 5.92 Å². The third kappa shape index (κ3) is 2.61. The van der Waals surface area contributed by atoms with Crippen LogP contribution in [0.15, 0.2) is 20.1 Å². The van der Waals surface area contributed by atoms with Crippen LogP contribution in [-0.2, 0) is 14.8 Å². The van der Waals surface area contributed by atoms with E-state index in [4.69, 9.17) is 5.11 Å². The molecular formula is C10H12BrNO4S2. The number of hydrogen-bond acceptors (Lipinski definition) is 4. The first kappa shape index (κ1) is 14.0. The number of rotatable bonds is 3. The molecule has 0 spiro atoms. The zero-order valence-electron chi connectivity index (χ0n) is 9.37. The quantitative estimate of drug-likeness (QED) is 0.901. The van der Waals surface area contributed by atoms with Crippen LogP contribution in [0.4, 0.5) is 0 Å². The van der Waals surface area contributed by atoms with Crippen LogP contribution in [-0.4, -0.2) is 36.9 Å². The largest absolute Gasteiger partial charge is 0.481 e. The molecule has 1 N–H and O–H groups in total. The molecule has 0 bridgehead atoms. The van der Waals surface area contributed by atoms with Crippen LogP contribution in [0, 0.1) is 5.92 Å². The highest BCUT2D eigenvalue weighted by atomic mass is 79.9. The van der Waals surface area contributed by atoms with E-state index in [1.54, 1.807) is 11.4 Å². The molecule has 0 aromatic carbocycles.